The van der Waals surface area contributed by atoms with E-state index < -0.39 is 5.97 Å². The zero-order valence-electron chi connectivity index (χ0n) is 14.3. The van der Waals surface area contributed by atoms with E-state index in [4.69, 9.17) is 14.2 Å². The monoisotopic (exact) mass is 323 g/mol. The first-order valence-electron chi connectivity index (χ1n) is 7.84. The Kier molecular flexibility index (Phi) is 7.94. The molecule has 0 aliphatic rings. The van der Waals surface area contributed by atoms with Crippen molar-refractivity contribution >= 4 is 11.9 Å². The molecule has 128 valence electrons. The number of esters is 1. The lowest BCUT2D eigenvalue weighted by Gasteiger charge is -2.17. The summed E-state index contributed by atoms with van der Waals surface area (Å²) in [4.78, 5) is 25.2. The molecule has 0 N–H and O–H groups in total. The third-order valence-electron chi connectivity index (χ3n) is 2.97. The van der Waals surface area contributed by atoms with E-state index in [1.807, 2.05) is 13.8 Å². The van der Waals surface area contributed by atoms with Gasteiger partial charge in [0.1, 0.15) is 6.54 Å². The maximum Gasteiger partial charge on any atom is 0.325 e. The maximum absolute atomic E-state index is 12.4. The average Bonchev–Trinajstić information content (AvgIpc) is 2.53. The summed E-state index contributed by atoms with van der Waals surface area (Å²) >= 11 is 0. The van der Waals surface area contributed by atoms with Crippen LogP contribution in [0.3, 0.4) is 0 Å². The minimum Gasteiger partial charge on any atom is -0.490 e. The van der Waals surface area contributed by atoms with Crippen LogP contribution in [0.25, 0.3) is 0 Å². The van der Waals surface area contributed by atoms with Crippen LogP contribution < -0.4 is 9.47 Å². The SMILES string of the molecule is CCCOc1ccc(C(=O)N(C)CC(=O)OCC)cc1OCC. The third kappa shape index (κ3) is 5.81. The van der Waals surface area contributed by atoms with Gasteiger partial charge in [0.2, 0.25) is 0 Å². The molecule has 0 saturated heterocycles. The second kappa shape index (κ2) is 9.71. The Morgan fingerprint density at radius 3 is 2.39 bits per heavy atom. The molecule has 0 unspecified atom stereocenters. The molecule has 0 bridgehead atoms. The normalized spacial score (nSPS) is 10.1. The average molecular weight is 323 g/mol. The highest BCUT2D eigenvalue weighted by molar-refractivity contribution is 5.96. The molecule has 0 atom stereocenters. The number of benzene rings is 1. The number of hydrogen-bond donors (Lipinski definition) is 0. The van der Waals surface area contributed by atoms with Crippen LogP contribution in [0.5, 0.6) is 11.5 Å². The van der Waals surface area contributed by atoms with Crippen LogP contribution in [0.15, 0.2) is 18.2 Å². The van der Waals surface area contributed by atoms with E-state index >= 15 is 0 Å². The van der Waals surface area contributed by atoms with Crippen LogP contribution in [0, 0.1) is 0 Å². The molecule has 6 nitrogen and oxygen atoms in total. The van der Waals surface area contributed by atoms with Gasteiger partial charge in [-0.1, -0.05) is 6.92 Å². The van der Waals surface area contributed by atoms with E-state index in [-0.39, 0.29) is 12.5 Å². The quantitative estimate of drug-likeness (QED) is 0.653. The number of rotatable bonds is 9. The molecular weight excluding hydrogens is 298 g/mol. The van der Waals surface area contributed by atoms with Crippen molar-refractivity contribution in [2.45, 2.75) is 27.2 Å². The summed E-state index contributed by atoms with van der Waals surface area (Å²) in [6.07, 6.45) is 0.883. The molecule has 1 rings (SSSR count). The van der Waals surface area contributed by atoms with E-state index in [1.54, 1.807) is 32.2 Å². The van der Waals surface area contributed by atoms with Crippen molar-refractivity contribution < 1.29 is 23.8 Å². The van der Waals surface area contributed by atoms with Gasteiger partial charge in [0.15, 0.2) is 11.5 Å². The number of amides is 1. The Morgan fingerprint density at radius 1 is 1.04 bits per heavy atom. The smallest absolute Gasteiger partial charge is 0.325 e. The topological polar surface area (TPSA) is 65.1 Å². The fraction of sp³-hybridized carbons (Fsp3) is 0.529. The van der Waals surface area contributed by atoms with Gasteiger partial charge in [0.25, 0.3) is 5.91 Å². The summed E-state index contributed by atoms with van der Waals surface area (Å²) in [5.74, 6) is 0.423. The molecular formula is C17H25NO5. The Bertz CT molecular complexity index is 530. The fourth-order valence-corrected chi connectivity index (χ4v) is 1.93. The molecule has 0 radical (unpaired) electrons. The summed E-state index contributed by atoms with van der Waals surface area (Å²) in [5, 5.41) is 0. The van der Waals surface area contributed by atoms with E-state index in [0.717, 1.165) is 6.42 Å². The van der Waals surface area contributed by atoms with E-state index in [2.05, 4.69) is 0 Å². The summed E-state index contributed by atoms with van der Waals surface area (Å²) in [6.45, 7) is 6.86. The second-order valence-corrected chi connectivity index (χ2v) is 4.91. The lowest BCUT2D eigenvalue weighted by atomic mass is 10.1. The predicted molar refractivity (Wildman–Crippen MR) is 87.0 cm³/mol. The van der Waals surface area contributed by atoms with Gasteiger partial charge in [-0.2, -0.15) is 0 Å². The fourth-order valence-electron chi connectivity index (χ4n) is 1.93. The number of carbonyl (C=O) groups is 2. The van der Waals surface area contributed by atoms with Gasteiger partial charge >= 0.3 is 5.97 Å². The standard InChI is InChI=1S/C17H25NO5/c1-5-10-23-14-9-8-13(11-15(14)21-6-2)17(20)18(4)12-16(19)22-7-3/h8-9,11H,5-7,10,12H2,1-4H3. The number of hydrogen-bond acceptors (Lipinski definition) is 5. The summed E-state index contributed by atoms with van der Waals surface area (Å²) in [7, 11) is 1.56. The van der Waals surface area contributed by atoms with E-state index in [1.165, 1.54) is 4.90 Å². The summed E-state index contributed by atoms with van der Waals surface area (Å²) < 4.78 is 16.0. The largest absolute Gasteiger partial charge is 0.490 e. The van der Waals surface area contributed by atoms with Crippen molar-refractivity contribution in [2.24, 2.45) is 0 Å². The Hall–Kier alpha value is -2.24. The molecule has 1 aromatic rings. The number of likely N-dealkylation sites (N-methyl/N-ethyl adjacent to an activating group) is 1. The third-order valence-corrected chi connectivity index (χ3v) is 2.97. The van der Waals surface area contributed by atoms with Gasteiger partial charge in [-0.05, 0) is 38.5 Å². The first-order valence-corrected chi connectivity index (χ1v) is 7.84. The van der Waals surface area contributed by atoms with Crippen molar-refractivity contribution in [3.05, 3.63) is 23.8 Å². The zero-order chi connectivity index (χ0) is 17.2. The van der Waals surface area contributed by atoms with Crippen LogP contribution >= 0.6 is 0 Å². The highest BCUT2D eigenvalue weighted by atomic mass is 16.5. The summed E-state index contributed by atoms with van der Waals surface area (Å²) in [5.41, 5.74) is 0.434. The van der Waals surface area contributed by atoms with Crippen LogP contribution in [0.4, 0.5) is 0 Å². The first kappa shape index (κ1) is 18.8. The highest BCUT2D eigenvalue weighted by Gasteiger charge is 2.17. The van der Waals surface area contributed by atoms with Crippen molar-refractivity contribution in [1.29, 1.82) is 0 Å². The highest BCUT2D eigenvalue weighted by Crippen LogP contribution is 2.29. The van der Waals surface area contributed by atoms with Crippen molar-refractivity contribution in [1.82, 2.24) is 4.90 Å². The summed E-state index contributed by atoms with van der Waals surface area (Å²) in [6, 6.07) is 5.02. The van der Waals surface area contributed by atoms with Gasteiger partial charge in [-0.15, -0.1) is 0 Å². The van der Waals surface area contributed by atoms with Gasteiger partial charge in [0.05, 0.1) is 19.8 Å². The van der Waals surface area contributed by atoms with Gasteiger partial charge in [-0.3, -0.25) is 9.59 Å². The molecule has 0 aliphatic heterocycles. The minimum atomic E-state index is -0.434. The molecule has 0 aromatic heterocycles. The lowest BCUT2D eigenvalue weighted by Crippen LogP contribution is -2.33. The van der Waals surface area contributed by atoms with Crippen molar-refractivity contribution in [3.63, 3.8) is 0 Å². The lowest BCUT2D eigenvalue weighted by molar-refractivity contribution is -0.143. The molecule has 0 heterocycles. The Balaban J connectivity index is 2.87. The first-order chi connectivity index (χ1) is 11.0. The molecule has 0 fully saturated rings. The van der Waals surface area contributed by atoms with Crippen LogP contribution in [0.1, 0.15) is 37.6 Å². The van der Waals surface area contributed by atoms with Gasteiger partial charge < -0.3 is 19.1 Å². The van der Waals surface area contributed by atoms with E-state index in [9.17, 15) is 9.59 Å². The van der Waals surface area contributed by atoms with Crippen molar-refractivity contribution in [2.75, 3.05) is 33.4 Å². The second-order valence-electron chi connectivity index (χ2n) is 4.91. The van der Waals surface area contributed by atoms with Crippen LogP contribution in [0.2, 0.25) is 0 Å². The molecule has 1 aromatic carbocycles. The Morgan fingerprint density at radius 2 is 1.78 bits per heavy atom. The van der Waals surface area contributed by atoms with Crippen LogP contribution in [-0.2, 0) is 9.53 Å². The van der Waals surface area contributed by atoms with E-state index in [0.29, 0.717) is 36.9 Å². The molecule has 0 spiro atoms. The van der Waals surface area contributed by atoms with Crippen LogP contribution in [-0.4, -0.2) is 50.2 Å². The number of ether oxygens (including phenoxy) is 3. The molecule has 0 saturated carbocycles. The maximum atomic E-state index is 12.4. The van der Waals surface area contributed by atoms with Gasteiger partial charge in [0, 0.05) is 12.6 Å². The number of carbonyl (C=O) groups excluding carboxylic acids is 2. The van der Waals surface area contributed by atoms with Crippen molar-refractivity contribution in [3.8, 4) is 11.5 Å². The molecule has 23 heavy (non-hydrogen) atoms. The molecule has 0 aliphatic carbocycles. The predicted octanol–water partition coefficient (Wildman–Crippen LogP) is 2.51. The Labute approximate surface area is 137 Å². The zero-order valence-corrected chi connectivity index (χ0v) is 14.3. The van der Waals surface area contributed by atoms with Gasteiger partial charge in [-0.25, -0.2) is 0 Å². The number of nitrogens with zero attached hydrogens (tertiary/aromatic N) is 1. The molecule has 6 heteroatoms. The molecule has 1 amide bonds. The minimum absolute atomic E-state index is 0.0925.